The highest BCUT2D eigenvalue weighted by Gasteiger charge is 2.39. The summed E-state index contributed by atoms with van der Waals surface area (Å²) in [6.45, 7) is 0.561. The Kier molecular flexibility index (Phi) is 2.46. The largest absolute Gasteiger partial charge is 0.389 e. The van der Waals surface area contributed by atoms with Gasteiger partial charge in [-0.1, -0.05) is 0 Å². The zero-order chi connectivity index (χ0) is 8.48. The van der Waals surface area contributed by atoms with Gasteiger partial charge in [-0.05, 0) is 0 Å². The fourth-order valence-corrected chi connectivity index (χ4v) is 1.09. The molecule has 0 bridgehead atoms. The van der Waals surface area contributed by atoms with E-state index in [9.17, 15) is 0 Å². The number of rotatable bonds is 0. The highest BCUT2D eigenvalue weighted by molar-refractivity contribution is 4.86. The number of aliphatic hydroxyl groups is 4. The van der Waals surface area contributed by atoms with Crippen LogP contribution in [0.1, 0.15) is 6.42 Å². The first kappa shape index (κ1) is 8.89. The van der Waals surface area contributed by atoms with Gasteiger partial charge in [0.1, 0.15) is 6.10 Å². The fraction of sp³-hybridized carbons (Fsp3) is 1.00. The number of aliphatic hydroxyl groups excluding tert-OH is 2. The van der Waals surface area contributed by atoms with Gasteiger partial charge in [0.25, 0.3) is 0 Å². The lowest BCUT2D eigenvalue weighted by Crippen LogP contribution is -2.49. The summed E-state index contributed by atoms with van der Waals surface area (Å²) in [4.78, 5) is 0. The molecule has 2 atom stereocenters. The Bertz CT molecular complexity index is 139. The lowest BCUT2D eigenvalue weighted by molar-refractivity contribution is -0.243. The fourth-order valence-electron chi connectivity index (χ4n) is 1.09. The van der Waals surface area contributed by atoms with Gasteiger partial charge in [0, 0.05) is 19.5 Å². The Morgan fingerprint density at radius 2 is 1.91 bits per heavy atom. The maximum atomic E-state index is 9.10. The van der Waals surface area contributed by atoms with E-state index in [0.717, 1.165) is 0 Å². The Labute approximate surface area is 64.3 Å². The van der Waals surface area contributed by atoms with Crippen LogP contribution in [0.2, 0.25) is 0 Å². The zero-order valence-corrected chi connectivity index (χ0v) is 6.06. The predicted octanol–water partition coefficient (Wildman–Crippen LogP) is -2.62. The predicted molar refractivity (Wildman–Crippen MR) is 36.7 cm³/mol. The van der Waals surface area contributed by atoms with Crippen LogP contribution in [0, 0.1) is 0 Å². The lowest BCUT2D eigenvalue weighted by atomic mass is 10.0. The Hall–Kier alpha value is -0.200. The van der Waals surface area contributed by atoms with Gasteiger partial charge in [0.15, 0.2) is 5.79 Å². The van der Waals surface area contributed by atoms with Crippen molar-refractivity contribution >= 4 is 0 Å². The molecule has 0 aliphatic carbocycles. The van der Waals surface area contributed by atoms with E-state index in [2.05, 4.69) is 5.32 Å². The molecule has 2 unspecified atom stereocenters. The maximum absolute atomic E-state index is 9.10. The summed E-state index contributed by atoms with van der Waals surface area (Å²) < 4.78 is 0. The Morgan fingerprint density at radius 3 is 2.55 bits per heavy atom. The normalized spacial score (nSPS) is 38.2. The summed E-state index contributed by atoms with van der Waals surface area (Å²) in [5, 5.41) is 39.1. The topological polar surface area (TPSA) is 93.0 Å². The van der Waals surface area contributed by atoms with Crippen molar-refractivity contribution in [3.8, 4) is 0 Å². The number of hydrogen-bond acceptors (Lipinski definition) is 5. The van der Waals surface area contributed by atoms with Crippen LogP contribution < -0.4 is 5.32 Å². The van der Waals surface area contributed by atoms with Gasteiger partial charge < -0.3 is 25.7 Å². The Balaban J connectivity index is 2.65. The highest BCUT2D eigenvalue weighted by Crippen LogP contribution is 2.16. The van der Waals surface area contributed by atoms with E-state index in [-0.39, 0.29) is 13.0 Å². The molecule has 1 saturated heterocycles. The Morgan fingerprint density at radius 1 is 1.27 bits per heavy atom. The minimum Gasteiger partial charge on any atom is -0.389 e. The van der Waals surface area contributed by atoms with Crippen LogP contribution in [-0.4, -0.2) is 51.5 Å². The van der Waals surface area contributed by atoms with Crippen molar-refractivity contribution in [1.29, 1.82) is 0 Å². The first-order valence-electron chi connectivity index (χ1n) is 3.55. The molecule has 11 heavy (non-hydrogen) atoms. The van der Waals surface area contributed by atoms with Gasteiger partial charge in [-0.15, -0.1) is 0 Å². The molecule has 5 nitrogen and oxygen atoms in total. The number of β-amino-alcohol motifs (C(OH)–C–C–N with tert-alkyl or cyclic N) is 1. The molecule has 66 valence electrons. The van der Waals surface area contributed by atoms with E-state index in [0.29, 0.717) is 6.54 Å². The van der Waals surface area contributed by atoms with Crippen LogP contribution in [-0.2, 0) is 0 Å². The standard InChI is InChI=1S/C6H13NO4/c8-4-3-7-2-1-6(10,11)5(4)9/h4-5,7-11H,1-3H2. The van der Waals surface area contributed by atoms with Crippen molar-refractivity contribution in [2.45, 2.75) is 24.4 Å². The third-order valence-corrected chi connectivity index (χ3v) is 1.86. The second-order valence-electron chi connectivity index (χ2n) is 2.84. The summed E-state index contributed by atoms with van der Waals surface area (Å²) in [6.07, 6.45) is -2.59. The molecule has 0 aromatic rings. The molecule has 0 radical (unpaired) electrons. The highest BCUT2D eigenvalue weighted by atomic mass is 16.5. The van der Waals surface area contributed by atoms with Gasteiger partial charge in [0.05, 0.1) is 6.10 Å². The van der Waals surface area contributed by atoms with Crippen molar-refractivity contribution in [1.82, 2.24) is 5.32 Å². The summed E-state index contributed by atoms with van der Waals surface area (Å²) >= 11 is 0. The van der Waals surface area contributed by atoms with Crippen LogP contribution in [0.3, 0.4) is 0 Å². The average molecular weight is 163 g/mol. The second kappa shape index (κ2) is 3.04. The molecule has 1 aliphatic rings. The van der Waals surface area contributed by atoms with Crippen LogP contribution in [0.5, 0.6) is 0 Å². The smallest absolute Gasteiger partial charge is 0.193 e. The van der Waals surface area contributed by atoms with E-state index in [1.54, 1.807) is 0 Å². The van der Waals surface area contributed by atoms with Crippen molar-refractivity contribution < 1.29 is 20.4 Å². The first-order valence-corrected chi connectivity index (χ1v) is 3.55. The maximum Gasteiger partial charge on any atom is 0.193 e. The first-order chi connectivity index (χ1) is 5.04. The molecular weight excluding hydrogens is 150 g/mol. The SMILES string of the molecule is OC1CNCCC(O)(O)C1O. The molecule has 5 N–H and O–H groups in total. The summed E-state index contributed by atoms with van der Waals surface area (Å²) in [6, 6.07) is 0. The quantitative estimate of drug-likeness (QED) is 0.252. The second-order valence-corrected chi connectivity index (χ2v) is 2.84. The van der Waals surface area contributed by atoms with Crippen molar-refractivity contribution in [2.75, 3.05) is 13.1 Å². The molecule has 0 aromatic heterocycles. The molecule has 0 spiro atoms. The van der Waals surface area contributed by atoms with Gasteiger partial charge >= 0.3 is 0 Å². The monoisotopic (exact) mass is 163 g/mol. The van der Waals surface area contributed by atoms with Crippen LogP contribution in [0.15, 0.2) is 0 Å². The zero-order valence-electron chi connectivity index (χ0n) is 6.06. The van der Waals surface area contributed by atoms with E-state index in [1.165, 1.54) is 0 Å². The molecule has 0 amide bonds. The third-order valence-electron chi connectivity index (χ3n) is 1.86. The van der Waals surface area contributed by atoms with Crippen LogP contribution >= 0.6 is 0 Å². The van der Waals surface area contributed by atoms with Gasteiger partial charge in [-0.25, -0.2) is 0 Å². The van der Waals surface area contributed by atoms with Crippen molar-refractivity contribution in [3.63, 3.8) is 0 Å². The minimum absolute atomic E-state index is 0.0191. The molecule has 1 heterocycles. The summed E-state index contributed by atoms with van der Waals surface area (Å²) in [5.41, 5.74) is 0. The van der Waals surface area contributed by atoms with Crippen molar-refractivity contribution in [3.05, 3.63) is 0 Å². The lowest BCUT2D eigenvalue weighted by Gasteiger charge is -2.27. The molecule has 0 aromatic carbocycles. The van der Waals surface area contributed by atoms with Crippen LogP contribution in [0.25, 0.3) is 0 Å². The molecule has 1 rings (SSSR count). The number of nitrogens with one attached hydrogen (secondary N) is 1. The van der Waals surface area contributed by atoms with Crippen LogP contribution in [0.4, 0.5) is 0 Å². The number of hydrogen-bond donors (Lipinski definition) is 5. The summed E-state index contributed by atoms with van der Waals surface area (Å²) in [7, 11) is 0. The molecule has 5 heteroatoms. The summed E-state index contributed by atoms with van der Waals surface area (Å²) in [5.74, 6) is -2.16. The van der Waals surface area contributed by atoms with E-state index < -0.39 is 18.0 Å². The van der Waals surface area contributed by atoms with Crippen molar-refractivity contribution in [2.24, 2.45) is 0 Å². The average Bonchev–Trinajstić information content (AvgIpc) is 2.03. The van der Waals surface area contributed by atoms with E-state index in [1.807, 2.05) is 0 Å². The molecule has 0 saturated carbocycles. The third kappa shape index (κ3) is 1.88. The van der Waals surface area contributed by atoms with Gasteiger partial charge in [-0.3, -0.25) is 0 Å². The molecule has 1 fully saturated rings. The molecule has 1 aliphatic heterocycles. The van der Waals surface area contributed by atoms with Gasteiger partial charge in [-0.2, -0.15) is 0 Å². The van der Waals surface area contributed by atoms with E-state index >= 15 is 0 Å². The van der Waals surface area contributed by atoms with Gasteiger partial charge in [0.2, 0.25) is 0 Å². The minimum atomic E-state index is -2.16. The van der Waals surface area contributed by atoms with E-state index in [4.69, 9.17) is 20.4 Å². The molecular formula is C6H13NO4.